The van der Waals surface area contributed by atoms with Gasteiger partial charge in [0.15, 0.2) is 0 Å². The monoisotopic (exact) mass is 261 g/mol. The topological polar surface area (TPSA) is 35.2 Å². The summed E-state index contributed by atoms with van der Waals surface area (Å²) in [6, 6.07) is 8.41. The van der Waals surface area contributed by atoms with E-state index < -0.39 is 0 Å². The molecule has 3 unspecified atom stereocenters. The summed E-state index contributed by atoms with van der Waals surface area (Å²) in [5.41, 5.74) is 7.23. The highest BCUT2D eigenvalue weighted by molar-refractivity contribution is 5.33. The van der Waals surface area contributed by atoms with E-state index in [4.69, 9.17) is 10.5 Å². The van der Waals surface area contributed by atoms with Gasteiger partial charge in [-0.25, -0.2) is 0 Å². The van der Waals surface area contributed by atoms with Gasteiger partial charge in [-0.3, -0.25) is 0 Å². The van der Waals surface area contributed by atoms with Crippen LogP contribution in [0.25, 0.3) is 0 Å². The third-order valence-corrected chi connectivity index (χ3v) is 4.55. The van der Waals surface area contributed by atoms with Gasteiger partial charge in [0.2, 0.25) is 0 Å². The van der Waals surface area contributed by atoms with Crippen LogP contribution in [0.3, 0.4) is 0 Å². The first-order valence-electron chi connectivity index (χ1n) is 7.73. The van der Waals surface area contributed by atoms with Gasteiger partial charge < -0.3 is 10.5 Å². The first-order chi connectivity index (χ1) is 9.28. The Hall–Kier alpha value is -1.02. The number of ether oxygens (including phenoxy) is 1. The van der Waals surface area contributed by atoms with Gasteiger partial charge >= 0.3 is 0 Å². The summed E-state index contributed by atoms with van der Waals surface area (Å²) in [6.45, 7) is 5.21. The van der Waals surface area contributed by atoms with Crippen molar-refractivity contribution >= 4 is 0 Å². The number of hydrogen-bond donors (Lipinski definition) is 1. The molecule has 19 heavy (non-hydrogen) atoms. The number of benzene rings is 1. The Balaban J connectivity index is 2.09. The number of hydrogen-bond acceptors (Lipinski definition) is 2. The van der Waals surface area contributed by atoms with Crippen LogP contribution in [-0.4, -0.2) is 12.6 Å². The molecule has 1 saturated carbocycles. The standard InChI is InChI=1S/C17H27NO/c1-3-13-9-10-15(12-18)17(11-13)19-16-8-6-5-7-14(16)4-2/h5-8,13,15,17H,3-4,9-12,18H2,1-2H3. The van der Waals surface area contributed by atoms with Crippen molar-refractivity contribution in [2.75, 3.05) is 6.54 Å². The lowest BCUT2D eigenvalue weighted by Gasteiger charge is -2.35. The zero-order chi connectivity index (χ0) is 13.7. The molecule has 0 amide bonds. The summed E-state index contributed by atoms with van der Waals surface area (Å²) in [5.74, 6) is 2.39. The fourth-order valence-electron chi connectivity index (χ4n) is 3.13. The van der Waals surface area contributed by atoms with Gasteiger partial charge in [-0.15, -0.1) is 0 Å². The van der Waals surface area contributed by atoms with Crippen molar-refractivity contribution in [3.63, 3.8) is 0 Å². The third-order valence-electron chi connectivity index (χ3n) is 4.55. The van der Waals surface area contributed by atoms with E-state index in [0.29, 0.717) is 12.0 Å². The lowest BCUT2D eigenvalue weighted by Crippen LogP contribution is -2.38. The van der Waals surface area contributed by atoms with E-state index in [9.17, 15) is 0 Å². The van der Waals surface area contributed by atoms with E-state index in [1.807, 2.05) is 0 Å². The third kappa shape index (κ3) is 3.50. The summed E-state index contributed by atoms with van der Waals surface area (Å²) < 4.78 is 6.33. The van der Waals surface area contributed by atoms with Crippen molar-refractivity contribution in [1.29, 1.82) is 0 Å². The quantitative estimate of drug-likeness (QED) is 0.875. The van der Waals surface area contributed by atoms with Crippen LogP contribution in [0.4, 0.5) is 0 Å². The minimum Gasteiger partial charge on any atom is -0.490 e. The van der Waals surface area contributed by atoms with Crippen molar-refractivity contribution in [3.8, 4) is 5.75 Å². The molecule has 1 aliphatic carbocycles. The maximum Gasteiger partial charge on any atom is 0.122 e. The Kier molecular flexibility index (Phi) is 5.26. The Morgan fingerprint density at radius 2 is 2.00 bits per heavy atom. The molecule has 0 radical (unpaired) electrons. The van der Waals surface area contributed by atoms with Gasteiger partial charge in [-0.05, 0) is 49.8 Å². The summed E-state index contributed by atoms with van der Waals surface area (Å²) in [7, 11) is 0. The van der Waals surface area contributed by atoms with Gasteiger partial charge in [-0.1, -0.05) is 38.5 Å². The average molecular weight is 261 g/mol. The molecule has 2 rings (SSSR count). The smallest absolute Gasteiger partial charge is 0.122 e. The lowest BCUT2D eigenvalue weighted by molar-refractivity contribution is 0.0677. The number of rotatable bonds is 5. The molecular formula is C17H27NO. The van der Waals surface area contributed by atoms with Crippen LogP contribution in [0.5, 0.6) is 5.75 Å². The van der Waals surface area contributed by atoms with Crippen molar-refractivity contribution in [2.45, 2.75) is 52.1 Å². The first kappa shape index (κ1) is 14.4. The van der Waals surface area contributed by atoms with E-state index in [0.717, 1.165) is 31.1 Å². The molecule has 0 bridgehead atoms. The summed E-state index contributed by atoms with van der Waals surface area (Å²) >= 11 is 0. The molecule has 2 N–H and O–H groups in total. The van der Waals surface area contributed by atoms with Crippen LogP contribution < -0.4 is 10.5 Å². The van der Waals surface area contributed by atoms with E-state index in [2.05, 4.69) is 38.1 Å². The molecule has 0 spiro atoms. The van der Waals surface area contributed by atoms with Crippen LogP contribution in [0.15, 0.2) is 24.3 Å². The molecule has 0 aromatic heterocycles. The van der Waals surface area contributed by atoms with Crippen molar-refractivity contribution < 1.29 is 4.74 Å². The number of para-hydroxylation sites is 1. The molecule has 106 valence electrons. The largest absolute Gasteiger partial charge is 0.490 e. The van der Waals surface area contributed by atoms with Gasteiger partial charge in [-0.2, -0.15) is 0 Å². The highest BCUT2D eigenvalue weighted by atomic mass is 16.5. The fourth-order valence-corrected chi connectivity index (χ4v) is 3.13. The number of nitrogens with two attached hydrogens (primary N) is 1. The van der Waals surface area contributed by atoms with Gasteiger partial charge in [0.1, 0.15) is 11.9 Å². The maximum absolute atomic E-state index is 6.33. The van der Waals surface area contributed by atoms with Crippen LogP contribution in [-0.2, 0) is 6.42 Å². The molecule has 1 fully saturated rings. The highest BCUT2D eigenvalue weighted by Crippen LogP contribution is 2.34. The molecule has 1 aliphatic rings. The second-order valence-corrected chi connectivity index (χ2v) is 5.70. The van der Waals surface area contributed by atoms with E-state index in [1.54, 1.807) is 0 Å². The Morgan fingerprint density at radius 1 is 1.21 bits per heavy atom. The maximum atomic E-state index is 6.33. The average Bonchev–Trinajstić information content (AvgIpc) is 2.47. The Labute approximate surface area is 117 Å². The van der Waals surface area contributed by atoms with E-state index >= 15 is 0 Å². The molecule has 1 aromatic rings. The van der Waals surface area contributed by atoms with E-state index in [1.165, 1.54) is 24.8 Å². The van der Waals surface area contributed by atoms with Gasteiger partial charge in [0.25, 0.3) is 0 Å². The summed E-state index contributed by atoms with van der Waals surface area (Å²) in [5, 5.41) is 0. The van der Waals surface area contributed by atoms with Gasteiger partial charge in [0.05, 0.1) is 0 Å². The number of aryl methyl sites for hydroxylation is 1. The Bertz CT molecular complexity index is 391. The van der Waals surface area contributed by atoms with Crippen LogP contribution in [0.2, 0.25) is 0 Å². The molecule has 0 saturated heterocycles. The molecular weight excluding hydrogens is 234 g/mol. The van der Waals surface area contributed by atoms with Crippen LogP contribution >= 0.6 is 0 Å². The molecule has 1 aromatic carbocycles. The highest BCUT2D eigenvalue weighted by Gasteiger charge is 2.30. The Morgan fingerprint density at radius 3 is 2.68 bits per heavy atom. The lowest BCUT2D eigenvalue weighted by atomic mass is 9.78. The van der Waals surface area contributed by atoms with E-state index in [-0.39, 0.29) is 0 Å². The predicted octanol–water partition coefficient (Wildman–Crippen LogP) is 3.78. The SMILES string of the molecule is CCc1ccccc1OC1CC(CC)CCC1CN. The molecule has 0 heterocycles. The second kappa shape index (κ2) is 6.95. The first-order valence-corrected chi connectivity index (χ1v) is 7.73. The molecule has 2 heteroatoms. The fraction of sp³-hybridized carbons (Fsp3) is 0.647. The summed E-state index contributed by atoms with van der Waals surface area (Å²) in [4.78, 5) is 0. The zero-order valence-corrected chi connectivity index (χ0v) is 12.3. The van der Waals surface area contributed by atoms with Crippen LogP contribution in [0.1, 0.15) is 45.1 Å². The van der Waals surface area contributed by atoms with Crippen LogP contribution in [0, 0.1) is 11.8 Å². The molecule has 3 atom stereocenters. The summed E-state index contributed by atoms with van der Waals surface area (Å²) in [6.07, 6.45) is 6.27. The van der Waals surface area contributed by atoms with Crippen molar-refractivity contribution in [1.82, 2.24) is 0 Å². The van der Waals surface area contributed by atoms with Crippen molar-refractivity contribution in [2.24, 2.45) is 17.6 Å². The normalized spacial score (nSPS) is 27.2. The minimum absolute atomic E-state index is 0.302. The van der Waals surface area contributed by atoms with Gasteiger partial charge in [0, 0.05) is 5.92 Å². The molecule has 2 nitrogen and oxygen atoms in total. The zero-order valence-electron chi connectivity index (χ0n) is 12.3. The second-order valence-electron chi connectivity index (χ2n) is 5.70. The minimum atomic E-state index is 0.302. The predicted molar refractivity (Wildman–Crippen MR) is 80.4 cm³/mol. The molecule has 0 aliphatic heterocycles. The van der Waals surface area contributed by atoms with Crippen molar-refractivity contribution in [3.05, 3.63) is 29.8 Å².